The van der Waals surface area contributed by atoms with E-state index < -0.39 is 0 Å². The Kier molecular flexibility index (Phi) is 3.84. The topological polar surface area (TPSA) is 38.1 Å². The van der Waals surface area contributed by atoms with Gasteiger partial charge in [-0.05, 0) is 49.2 Å². The summed E-state index contributed by atoms with van der Waals surface area (Å²) in [4.78, 5) is 14.7. The highest BCUT2D eigenvalue weighted by Crippen LogP contribution is 2.28. The van der Waals surface area contributed by atoms with Crippen LogP contribution in [0.5, 0.6) is 0 Å². The maximum atomic E-state index is 13.2. The molecule has 0 unspecified atom stereocenters. The lowest BCUT2D eigenvalue weighted by Crippen LogP contribution is -2.37. The molecule has 0 saturated carbocycles. The summed E-state index contributed by atoms with van der Waals surface area (Å²) in [5.74, 6) is -0.368. The lowest BCUT2D eigenvalue weighted by molar-refractivity contribution is 0.0975. The van der Waals surface area contributed by atoms with Crippen LogP contribution in [0.25, 0.3) is 5.69 Å². The van der Waals surface area contributed by atoms with Crippen LogP contribution in [0.15, 0.2) is 54.6 Å². The Morgan fingerprint density at radius 3 is 2.44 bits per heavy atom. The fourth-order valence-corrected chi connectivity index (χ4v) is 3.39. The van der Waals surface area contributed by atoms with Gasteiger partial charge in [0.15, 0.2) is 5.69 Å². The van der Waals surface area contributed by atoms with Crippen LogP contribution in [0.1, 0.15) is 28.7 Å². The molecular weight excluding hydrogens is 317 g/mol. The van der Waals surface area contributed by atoms with Crippen LogP contribution in [-0.4, -0.2) is 22.2 Å². The predicted molar refractivity (Wildman–Crippen MR) is 94.7 cm³/mol. The van der Waals surface area contributed by atoms with Crippen molar-refractivity contribution in [3.8, 4) is 5.69 Å². The second-order valence-corrected chi connectivity index (χ2v) is 6.06. The Morgan fingerprint density at radius 2 is 1.76 bits per heavy atom. The van der Waals surface area contributed by atoms with Gasteiger partial charge in [-0.3, -0.25) is 4.79 Å². The van der Waals surface area contributed by atoms with E-state index in [9.17, 15) is 9.18 Å². The summed E-state index contributed by atoms with van der Waals surface area (Å²) in [6, 6.07) is 15.8. The molecule has 0 spiro atoms. The molecule has 25 heavy (non-hydrogen) atoms. The van der Waals surface area contributed by atoms with E-state index in [-0.39, 0.29) is 11.7 Å². The van der Waals surface area contributed by atoms with Crippen LogP contribution in [0.2, 0.25) is 0 Å². The van der Waals surface area contributed by atoms with Crippen molar-refractivity contribution in [2.24, 2.45) is 0 Å². The van der Waals surface area contributed by atoms with Gasteiger partial charge in [0.2, 0.25) is 0 Å². The number of carbonyl (C=O) groups is 1. The number of hydrogen-bond acceptors (Lipinski definition) is 2. The molecule has 1 amide bonds. The van der Waals surface area contributed by atoms with Crippen LogP contribution >= 0.6 is 0 Å². The average molecular weight is 335 g/mol. The molecule has 4 nitrogen and oxygen atoms in total. The first-order valence-corrected chi connectivity index (χ1v) is 8.42. The lowest BCUT2D eigenvalue weighted by atomic mass is 10.0. The Balaban J connectivity index is 1.78. The maximum absolute atomic E-state index is 13.2. The van der Waals surface area contributed by atoms with Crippen molar-refractivity contribution in [2.75, 3.05) is 11.4 Å². The number of carbonyl (C=O) groups excluding carboxylic acids is 1. The largest absolute Gasteiger partial charge is 0.307 e. The Hall–Kier alpha value is -2.95. The van der Waals surface area contributed by atoms with E-state index in [1.165, 1.54) is 12.1 Å². The predicted octanol–water partition coefficient (Wildman–Crippen LogP) is 3.78. The van der Waals surface area contributed by atoms with Crippen molar-refractivity contribution >= 4 is 11.6 Å². The minimum absolute atomic E-state index is 0.0805. The Labute approximate surface area is 145 Å². The third kappa shape index (κ3) is 2.61. The van der Waals surface area contributed by atoms with Crippen LogP contribution in [0, 0.1) is 5.82 Å². The number of hydrogen-bond donors (Lipinski definition) is 0. The molecule has 0 fully saturated rings. The van der Waals surface area contributed by atoms with E-state index in [1.54, 1.807) is 21.7 Å². The minimum atomic E-state index is -0.287. The van der Waals surface area contributed by atoms with E-state index in [0.717, 1.165) is 35.5 Å². The SMILES string of the molecule is CCc1c2c(nn1-c1ccc(F)cc1)C(=O)N(c1ccccc1)CC2. The number of halogens is 1. The summed E-state index contributed by atoms with van der Waals surface area (Å²) in [5.41, 5.74) is 4.17. The molecule has 0 radical (unpaired) electrons. The van der Waals surface area contributed by atoms with Gasteiger partial charge >= 0.3 is 0 Å². The van der Waals surface area contributed by atoms with Gasteiger partial charge in [0.1, 0.15) is 5.82 Å². The van der Waals surface area contributed by atoms with Gasteiger partial charge in [-0.25, -0.2) is 9.07 Å². The molecule has 0 atom stereocenters. The number of para-hydroxylation sites is 1. The average Bonchev–Trinajstić information content (AvgIpc) is 3.03. The van der Waals surface area contributed by atoms with Gasteiger partial charge < -0.3 is 4.90 Å². The van der Waals surface area contributed by atoms with E-state index in [4.69, 9.17) is 0 Å². The molecule has 0 bridgehead atoms. The smallest absolute Gasteiger partial charge is 0.279 e. The number of amides is 1. The zero-order chi connectivity index (χ0) is 17.4. The Morgan fingerprint density at radius 1 is 1.04 bits per heavy atom. The first-order chi connectivity index (χ1) is 12.2. The van der Waals surface area contributed by atoms with Gasteiger partial charge in [-0.15, -0.1) is 0 Å². The van der Waals surface area contributed by atoms with Crippen molar-refractivity contribution < 1.29 is 9.18 Å². The molecule has 2 aromatic carbocycles. The van der Waals surface area contributed by atoms with Crippen LogP contribution in [0.3, 0.4) is 0 Å². The summed E-state index contributed by atoms with van der Waals surface area (Å²) >= 11 is 0. The molecule has 0 saturated heterocycles. The molecule has 1 aliphatic heterocycles. The monoisotopic (exact) mass is 335 g/mol. The number of anilines is 1. The summed E-state index contributed by atoms with van der Waals surface area (Å²) < 4.78 is 15.0. The number of benzene rings is 2. The standard InChI is InChI=1S/C20H18FN3O/c1-2-18-17-12-13-23(15-6-4-3-5-7-15)20(25)19(17)22-24(18)16-10-8-14(21)9-11-16/h3-11H,2,12-13H2,1H3. The van der Waals surface area contributed by atoms with Crippen molar-refractivity contribution in [2.45, 2.75) is 19.8 Å². The maximum Gasteiger partial charge on any atom is 0.279 e. The normalized spacial score (nSPS) is 13.8. The summed E-state index contributed by atoms with van der Waals surface area (Å²) in [6.45, 7) is 2.68. The number of nitrogens with zero attached hydrogens (tertiary/aromatic N) is 3. The summed E-state index contributed by atoms with van der Waals surface area (Å²) in [7, 11) is 0. The van der Waals surface area contributed by atoms with Gasteiger partial charge in [-0.2, -0.15) is 5.10 Å². The van der Waals surface area contributed by atoms with Gasteiger partial charge in [0, 0.05) is 23.5 Å². The van der Waals surface area contributed by atoms with Crippen LogP contribution < -0.4 is 4.90 Å². The zero-order valence-corrected chi connectivity index (χ0v) is 13.9. The van der Waals surface area contributed by atoms with Gasteiger partial charge in [0.05, 0.1) is 5.69 Å². The lowest BCUT2D eigenvalue weighted by Gasteiger charge is -2.26. The van der Waals surface area contributed by atoms with E-state index >= 15 is 0 Å². The molecule has 2 heterocycles. The van der Waals surface area contributed by atoms with Gasteiger partial charge in [-0.1, -0.05) is 25.1 Å². The first kappa shape index (κ1) is 15.6. The molecule has 1 aliphatic rings. The molecule has 126 valence electrons. The van der Waals surface area contributed by atoms with Crippen LogP contribution in [0.4, 0.5) is 10.1 Å². The second kappa shape index (κ2) is 6.16. The number of rotatable bonds is 3. The quantitative estimate of drug-likeness (QED) is 0.731. The van der Waals surface area contributed by atoms with E-state index in [0.29, 0.717) is 12.2 Å². The fraction of sp³-hybridized carbons (Fsp3) is 0.200. The summed E-state index contributed by atoms with van der Waals surface area (Å²) in [6.07, 6.45) is 1.53. The van der Waals surface area contributed by atoms with E-state index in [1.807, 2.05) is 37.3 Å². The molecule has 4 rings (SSSR count). The third-order valence-electron chi connectivity index (χ3n) is 4.60. The zero-order valence-electron chi connectivity index (χ0n) is 13.9. The van der Waals surface area contributed by atoms with Crippen LogP contribution in [-0.2, 0) is 12.8 Å². The molecule has 5 heteroatoms. The highest BCUT2D eigenvalue weighted by atomic mass is 19.1. The molecule has 3 aromatic rings. The second-order valence-electron chi connectivity index (χ2n) is 6.06. The minimum Gasteiger partial charge on any atom is -0.307 e. The van der Waals surface area contributed by atoms with Crippen molar-refractivity contribution in [3.05, 3.63) is 77.4 Å². The summed E-state index contributed by atoms with van der Waals surface area (Å²) in [5, 5.41) is 4.58. The molecule has 0 N–H and O–H groups in total. The first-order valence-electron chi connectivity index (χ1n) is 8.42. The van der Waals surface area contributed by atoms with Crippen molar-refractivity contribution in [1.29, 1.82) is 0 Å². The number of fused-ring (bicyclic) bond motifs is 1. The number of aromatic nitrogens is 2. The van der Waals surface area contributed by atoms with Gasteiger partial charge in [0.25, 0.3) is 5.91 Å². The highest BCUT2D eigenvalue weighted by molar-refractivity contribution is 6.07. The molecule has 0 aliphatic carbocycles. The van der Waals surface area contributed by atoms with Crippen molar-refractivity contribution in [1.82, 2.24) is 9.78 Å². The molecule has 1 aromatic heterocycles. The Bertz CT molecular complexity index is 916. The van der Waals surface area contributed by atoms with E-state index in [2.05, 4.69) is 5.10 Å². The van der Waals surface area contributed by atoms with Crippen molar-refractivity contribution in [3.63, 3.8) is 0 Å². The third-order valence-corrected chi connectivity index (χ3v) is 4.60. The molecular formula is C20H18FN3O. The highest BCUT2D eigenvalue weighted by Gasteiger charge is 2.31. The fourth-order valence-electron chi connectivity index (χ4n) is 3.39.